The second-order valence-electron chi connectivity index (χ2n) is 5.33. The van der Waals surface area contributed by atoms with Crippen LogP contribution in [0.2, 0.25) is 5.02 Å². The fourth-order valence-electron chi connectivity index (χ4n) is 2.84. The molecule has 0 bridgehead atoms. The molecule has 98 valence electrons. The first kappa shape index (κ1) is 12.3. The highest BCUT2D eigenvalue weighted by Crippen LogP contribution is 2.42. The van der Waals surface area contributed by atoms with Crippen LogP contribution in [0.4, 0.5) is 0 Å². The molecule has 2 fully saturated rings. The van der Waals surface area contributed by atoms with Crippen LogP contribution in [0.1, 0.15) is 24.8 Å². The minimum Gasteiger partial charge on any atom is -0.496 e. The molecule has 18 heavy (non-hydrogen) atoms. The number of likely N-dealkylation sites (tertiary alicyclic amines) is 1. The van der Waals surface area contributed by atoms with Gasteiger partial charge in [-0.05, 0) is 37.5 Å². The van der Waals surface area contributed by atoms with Crippen molar-refractivity contribution >= 4 is 11.6 Å². The average Bonchev–Trinajstić information content (AvgIpc) is 3.13. The van der Waals surface area contributed by atoms with E-state index >= 15 is 0 Å². The number of aliphatic hydroxyl groups is 1. The van der Waals surface area contributed by atoms with Gasteiger partial charge in [0.25, 0.3) is 0 Å². The van der Waals surface area contributed by atoms with Crippen LogP contribution in [-0.2, 0) is 5.60 Å². The minimum atomic E-state index is -0.821. The third-order valence-electron chi connectivity index (χ3n) is 4.00. The van der Waals surface area contributed by atoms with Gasteiger partial charge in [-0.3, -0.25) is 4.90 Å². The van der Waals surface area contributed by atoms with Crippen molar-refractivity contribution in [2.75, 3.05) is 20.2 Å². The van der Waals surface area contributed by atoms with Gasteiger partial charge in [-0.15, -0.1) is 0 Å². The fraction of sp³-hybridized carbons (Fsp3) is 0.571. The second kappa shape index (κ2) is 4.41. The Morgan fingerprint density at radius 2 is 2.22 bits per heavy atom. The smallest absolute Gasteiger partial charge is 0.125 e. The van der Waals surface area contributed by atoms with Crippen LogP contribution in [0, 0.1) is 0 Å². The van der Waals surface area contributed by atoms with E-state index in [1.165, 1.54) is 12.8 Å². The Bertz CT molecular complexity index is 461. The van der Waals surface area contributed by atoms with Crippen molar-refractivity contribution in [3.8, 4) is 5.75 Å². The number of halogens is 1. The van der Waals surface area contributed by atoms with Gasteiger partial charge in [0.1, 0.15) is 11.4 Å². The highest BCUT2D eigenvalue weighted by atomic mass is 35.5. The van der Waals surface area contributed by atoms with E-state index in [-0.39, 0.29) is 0 Å². The maximum Gasteiger partial charge on any atom is 0.125 e. The molecule has 0 radical (unpaired) electrons. The standard InChI is InChI=1S/C14H18ClNO2/c1-18-13-5-2-10(15)8-12(13)14(17)6-7-16(9-14)11-3-4-11/h2,5,8,11,17H,3-4,6-7,9H2,1H3. The molecule has 0 amide bonds. The Morgan fingerprint density at radius 1 is 1.44 bits per heavy atom. The van der Waals surface area contributed by atoms with E-state index in [1.807, 2.05) is 12.1 Å². The summed E-state index contributed by atoms with van der Waals surface area (Å²) in [4.78, 5) is 2.38. The zero-order chi connectivity index (χ0) is 12.8. The molecular weight excluding hydrogens is 250 g/mol. The van der Waals surface area contributed by atoms with Crippen LogP contribution < -0.4 is 4.74 Å². The zero-order valence-corrected chi connectivity index (χ0v) is 11.3. The lowest BCUT2D eigenvalue weighted by Crippen LogP contribution is -2.32. The number of hydrogen-bond acceptors (Lipinski definition) is 3. The van der Waals surface area contributed by atoms with Crippen molar-refractivity contribution in [2.24, 2.45) is 0 Å². The molecule has 1 aliphatic heterocycles. The van der Waals surface area contributed by atoms with E-state index in [2.05, 4.69) is 4.90 Å². The molecule has 1 aromatic rings. The Morgan fingerprint density at radius 3 is 2.89 bits per heavy atom. The van der Waals surface area contributed by atoms with Crippen molar-refractivity contribution < 1.29 is 9.84 Å². The summed E-state index contributed by atoms with van der Waals surface area (Å²) in [5.74, 6) is 0.722. The maximum absolute atomic E-state index is 10.9. The summed E-state index contributed by atoms with van der Waals surface area (Å²) in [5, 5.41) is 11.5. The number of rotatable bonds is 3. The highest BCUT2D eigenvalue weighted by molar-refractivity contribution is 6.30. The van der Waals surface area contributed by atoms with E-state index < -0.39 is 5.60 Å². The van der Waals surface area contributed by atoms with Gasteiger partial charge in [0.15, 0.2) is 0 Å². The first-order valence-corrected chi connectivity index (χ1v) is 6.81. The summed E-state index contributed by atoms with van der Waals surface area (Å²) in [5.41, 5.74) is -0.000556. The minimum absolute atomic E-state index is 0.643. The molecule has 0 spiro atoms. The van der Waals surface area contributed by atoms with Gasteiger partial charge in [0.05, 0.1) is 7.11 Å². The van der Waals surface area contributed by atoms with Gasteiger partial charge >= 0.3 is 0 Å². The maximum atomic E-state index is 10.9. The lowest BCUT2D eigenvalue weighted by molar-refractivity contribution is 0.0428. The van der Waals surface area contributed by atoms with Crippen molar-refractivity contribution in [3.05, 3.63) is 28.8 Å². The second-order valence-corrected chi connectivity index (χ2v) is 5.76. The lowest BCUT2D eigenvalue weighted by atomic mass is 9.92. The third kappa shape index (κ3) is 2.11. The molecule has 1 heterocycles. The number of methoxy groups -OCH3 is 1. The SMILES string of the molecule is COc1ccc(Cl)cc1C1(O)CCN(C2CC2)C1. The van der Waals surface area contributed by atoms with Gasteiger partial charge < -0.3 is 9.84 Å². The quantitative estimate of drug-likeness (QED) is 0.913. The van der Waals surface area contributed by atoms with Crippen LogP contribution in [-0.4, -0.2) is 36.2 Å². The molecule has 1 saturated carbocycles. The van der Waals surface area contributed by atoms with Crippen molar-refractivity contribution in [3.63, 3.8) is 0 Å². The van der Waals surface area contributed by atoms with Crippen LogP contribution in [0.25, 0.3) is 0 Å². The highest BCUT2D eigenvalue weighted by Gasteiger charge is 2.44. The van der Waals surface area contributed by atoms with Crippen LogP contribution >= 0.6 is 11.6 Å². The molecule has 4 heteroatoms. The molecule has 3 rings (SSSR count). The van der Waals surface area contributed by atoms with Crippen LogP contribution in [0.3, 0.4) is 0 Å². The Balaban J connectivity index is 1.91. The molecule has 1 atom stereocenters. The van der Waals surface area contributed by atoms with E-state index in [1.54, 1.807) is 13.2 Å². The molecule has 2 aliphatic rings. The Kier molecular flexibility index (Phi) is 3.00. The predicted molar refractivity (Wildman–Crippen MR) is 71.1 cm³/mol. The van der Waals surface area contributed by atoms with Crippen LogP contribution in [0.15, 0.2) is 18.2 Å². The summed E-state index contributed by atoms with van der Waals surface area (Å²) < 4.78 is 5.35. The van der Waals surface area contributed by atoms with Crippen molar-refractivity contribution in [1.29, 1.82) is 0 Å². The molecule has 1 saturated heterocycles. The lowest BCUT2D eigenvalue weighted by Gasteiger charge is -2.26. The van der Waals surface area contributed by atoms with Gasteiger partial charge in [0, 0.05) is 29.7 Å². The largest absolute Gasteiger partial charge is 0.496 e. The molecular formula is C14H18ClNO2. The summed E-state index contributed by atoms with van der Waals surface area (Å²) in [7, 11) is 1.63. The predicted octanol–water partition coefficient (Wildman–Crippen LogP) is 2.40. The number of β-amino-alcohol motifs (C(OH)–C–C–N with tert-alkyl or cyclic N) is 1. The van der Waals surface area contributed by atoms with E-state index in [0.717, 1.165) is 24.3 Å². The van der Waals surface area contributed by atoms with Crippen LogP contribution in [0.5, 0.6) is 5.75 Å². The summed E-state index contributed by atoms with van der Waals surface area (Å²) in [6.45, 7) is 1.64. The topological polar surface area (TPSA) is 32.7 Å². The first-order valence-electron chi connectivity index (χ1n) is 6.43. The fourth-order valence-corrected chi connectivity index (χ4v) is 3.01. The third-order valence-corrected chi connectivity index (χ3v) is 4.24. The normalized spacial score (nSPS) is 28.6. The van der Waals surface area contributed by atoms with Crippen molar-refractivity contribution in [1.82, 2.24) is 4.90 Å². The number of hydrogen-bond donors (Lipinski definition) is 1. The van der Waals surface area contributed by atoms with Gasteiger partial charge in [-0.25, -0.2) is 0 Å². The summed E-state index contributed by atoms with van der Waals surface area (Å²) in [6.07, 6.45) is 3.28. The summed E-state index contributed by atoms with van der Waals surface area (Å²) >= 11 is 6.05. The number of ether oxygens (including phenoxy) is 1. The molecule has 1 aliphatic carbocycles. The average molecular weight is 268 g/mol. The summed E-state index contributed by atoms with van der Waals surface area (Å²) in [6, 6.07) is 6.14. The van der Waals surface area contributed by atoms with Gasteiger partial charge in [-0.1, -0.05) is 11.6 Å². The molecule has 1 unspecified atom stereocenters. The van der Waals surface area contributed by atoms with E-state index in [4.69, 9.17) is 16.3 Å². The monoisotopic (exact) mass is 267 g/mol. The van der Waals surface area contributed by atoms with Gasteiger partial charge in [0.2, 0.25) is 0 Å². The zero-order valence-electron chi connectivity index (χ0n) is 10.5. The number of nitrogens with zero attached hydrogens (tertiary/aromatic N) is 1. The van der Waals surface area contributed by atoms with E-state index in [9.17, 15) is 5.11 Å². The Hall–Kier alpha value is -0.770. The molecule has 1 N–H and O–H groups in total. The Labute approximate surface area is 112 Å². The van der Waals surface area contributed by atoms with Crippen molar-refractivity contribution in [2.45, 2.75) is 30.9 Å². The number of benzene rings is 1. The molecule has 1 aromatic carbocycles. The molecule has 0 aromatic heterocycles. The first-order chi connectivity index (χ1) is 8.62. The molecule has 3 nitrogen and oxygen atoms in total. The van der Waals surface area contributed by atoms with Gasteiger partial charge in [-0.2, -0.15) is 0 Å². The van der Waals surface area contributed by atoms with E-state index in [0.29, 0.717) is 17.6 Å².